The highest BCUT2D eigenvalue weighted by Gasteiger charge is 2.18. The molecule has 1 aliphatic heterocycles. The minimum atomic E-state index is -3.56. The molecule has 1 saturated heterocycles. The second kappa shape index (κ2) is 4.90. The molecule has 1 N–H and O–H groups in total. The van der Waals surface area contributed by atoms with Crippen molar-refractivity contribution in [3.8, 4) is 0 Å². The van der Waals surface area contributed by atoms with Gasteiger partial charge in [-0.05, 0) is 12.8 Å². The minimum absolute atomic E-state index is 0.357. The van der Waals surface area contributed by atoms with Gasteiger partial charge in [0.2, 0.25) is 0 Å². The number of hydrogen-bond donors (Lipinski definition) is 1. The van der Waals surface area contributed by atoms with Gasteiger partial charge in [0, 0.05) is 19.6 Å². The highest BCUT2D eigenvalue weighted by Crippen LogP contribution is 2.10. The smallest absolute Gasteiger partial charge is 0.191 e. The second-order valence-electron chi connectivity index (χ2n) is 3.02. The zero-order chi connectivity index (χ0) is 9.73. The molecule has 1 rings (SSSR count). The van der Waals surface area contributed by atoms with Crippen molar-refractivity contribution in [3.63, 3.8) is 0 Å². The van der Waals surface area contributed by atoms with Crippen molar-refractivity contribution in [1.29, 1.82) is 0 Å². The van der Waals surface area contributed by atoms with Crippen LogP contribution in [-0.4, -0.2) is 33.1 Å². The Balaban J connectivity index is 2.37. The number of rotatable bonds is 4. The lowest BCUT2D eigenvalue weighted by Crippen LogP contribution is -2.37. The maximum absolute atomic E-state index is 11.1. The normalized spacial score (nSPS) is 20.4. The van der Waals surface area contributed by atoms with Crippen LogP contribution in [0.2, 0.25) is 0 Å². The summed E-state index contributed by atoms with van der Waals surface area (Å²) in [5, 5.41) is 1.50. The molecule has 0 atom stereocenters. The van der Waals surface area contributed by atoms with E-state index in [1.807, 2.05) is 0 Å². The fraction of sp³-hybridized carbons (Fsp3) is 1.00. The van der Waals surface area contributed by atoms with Crippen LogP contribution >= 0.6 is 0 Å². The summed E-state index contributed by atoms with van der Waals surface area (Å²) in [6.07, 6.45) is 3.16. The SMILES string of the molecule is CCNS(=O)(=O)ON1CCCCC1. The Morgan fingerprint density at radius 1 is 1.31 bits per heavy atom. The summed E-state index contributed by atoms with van der Waals surface area (Å²) in [6, 6.07) is 0. The van der Waals surface area contributed by atoms with Crippen LogP contribution in [0.3, 0.4) is 0 Å². The highest BCUT2D eigenvalue weighted by atomic mass is 32.2. The maximum atomic E-state index is 11.1. The molecule has 5 nitrogen and oxygen atoms in total. The summed E-state index contributed by atoms with van der Waals surface area (Å²) in [5.41, 5.74) is 0. The Morgan fingerprint density at radius 3 is 2.46 bits per heavy atom. The fourth-order valence-corrected chi connectivity index (χ4v) is 2.11. The van der Waals surface area contributed by atoms with Crippen LogP contribution in [0.15, 0.2) is 0 Å². The van der Waals surface area contributed by atoms with Gasteiger partial charge in [0.25, 0.3) is 0 Å². The first-order chi connectivity index (χ1) is 6.14. The lowest BCUT2D eigenvalue weighted by atomic mass is 10.2. The molecule has 0 aliphatic carbocycles. The average molecular weight is 208 g/mol. The Kier molecular flexibility index (Phi) is 4.11. The number of piperidine rings is 1. The molecule has 6 heteroatoms. The van der Waals surface area contributed by atoms with Gasteiger partial charge >= 0.3 is 10.3 Å². The van der Waals surface area contributed by atoms with Crippen LogP contribution in [0.25, 0.3) is 0 Å². The predicted octanol–water partition coefficient (Wildman–Crippen LogP) is 0.258. The first-order valence-electron chi connectivity index (χ1n) is 4.58. The van der Waals surface area contributed by atoms with Crippen LogP contribution in [0.5, 0.6) is 0 Å². The van der Waals surface area contributed by atoms with Crippen molar-refractivity contribution in [2.24, 2.45) is 0 Å². The lowest BCUT2D eigenvalue weighted by Gasteiger charge is -2.24. The molecule has 0 bridgehead atoms. The first kappa shape index (κ1) is 10.9. The molecule has 1 fully saturated rings. The summed E-state index contributed by atoms with van der Waals surface area (Å²) < 4.78 is 29.3. The molecular weight excluding hydrogens is 192 g/mol. The van der Waals surface area contributed by atoms with Gasteiger partial charge in [0.15, 0.2) is 0 Å². The molecule has 0 aromatic heterocycles. The van der Waals surface area contributed by atoms with Crippen LogP contribution in [-0.2, 0) is 14.6 Å². The monoisotopic (exact) mass is 208 g/mol. The van der Waals surface area contributed by atoms with Gasteiger partial charge in [-0.25, -0.2) is 0 Å². The van der Waals surface area contributed by atoms with E-state index in [-0.39, 0.29) is 0 Å². The van der Waals surface area contributed by atoms with Gasteiger partial charge in [0.1, 0.15) is 0 Å². The van der Waals surface area contributed by atoms with Crippen LogP contribution in [0, 0.1) is 0 Å². The summed E-state index contributed by atoms with van der Waals surface area (Å²) in [6.45, 7) is 3.47. The number of nitrogens with zero attached hydrogens (tertiary/aromatic N) is 1. The van der Waals surface area contributed by atoms with Crippen LogP contribution < -0.4 is 4.72 Å². The maximum Gasteiger partial charge on any atom is 0.352 e. The third-order valence-corrected chi connectivity index (χ3v) is 2.89. The van der Waals surface area contributed by atoms with Gasteiger partial charge in [-0.3, -0.25) is 0 Å². The van der Waals surface area contributed by atoms with Gasteiger partial charge in [0.05, 0.1) is 0 Å². The lowest BCUT2D eigenvalue weighted by molar-refractivity contribution is -0.0667. The van der Waals surface area contributed by atoms with E-state index < -0.39 is 10.3 Å². The molecule has 0 spiro atoms. The highest BCUT2D eigenvalue weighted by molar-refractivity contribution is 7.84. The standard InChI is InChI=1S/C7H16N2O3S/c1-2-8-13(10,11)12-9-6-4-3-5-7-9/h8H,2-7H2,1H3. The third kappa shape index (κ3) is 4.04. The van der Waals surface area contributed by atoms with Crippen LogP contribution in [0.1, 0.15) is 26.2 Å². The molecule has 1 heterocycles. The Morgan fingerprint density at radius 2 is 1.92 bits per heavy atom. The summed E-state index contributed by atoms with van der Waals surface area (Å²) in [4.78, 5) is 0. The molecule has 0 saturated carbocycles. The van der Waals surface area contributed by atoms with Gasteiger partial charge in [-0.2, -0.15) is 22.5 Å². The minimum Gasteiger partial charge on any atom is -0.191 e. The zero-order valence-corrected chi connectivity index (χ0v) is 8.64. The average Bonchev–Trinajstić information content (AvgIpc) is 2.04. The van der Waals surface area contributed by atoms with E-state index in [0.29, 0.717) is 19.6 Å². The molecule has 78 valence electrons. The van der Waals surface area contributed by atoms with E-state index in [4.69, 9.17) is 4.28 Å². The van der Waals surface area contributed by atoms with Crippen molar-refractivity contribution >= 4 is 10.3 Å². The van der Waals surface area contributed by atoms with Crippen molar-refractivity contribution in [1.82, 2.24) is 9.79 Å². The molecule has 1 aliphatic rings. The third-order valence-electron chi connectivity index (χ3n) is 1.84. The summed E-state index contributed by atoms with van der Waals surface area (Å²) in [5.74, 6) is 0. The van der Waals surface area contributed by atoms with Gasteiger partial charge in [-0.1, -0.05) is 13.3 Å². The largest absolute Gasteiger partial charge is 0.352 e. The predicted molar refractivity (Wildman–Crippen MR) is 49.1 cm³/mol. The Hall–Kier alpha value is -0.170. The molecular formula is C7H16N2O3S. The molecule has 0 unspecified atom stereocenters. The van der Waals surface area contributed by atoms with E-state index in [1.54, 1.807) is 6.92 Å². The quantitative estimate of drug-likeness (QED) is 0.720. The molecule has 0 aromatic rings. The van der Waals surface area contributed by atoms with E-state index in [2.05, 4.69) is 4.72 Å². The summed E-state index contributed by atoms with van der Waals surface area (Å²) >= 11 is 0. The Labute approximate surface area is 79.3 Å². The number of nitrogens with one attached hydrogen (secondary N) is 1. The number of hydrogen-bond acceptors (Lipinski definition) is 4. The topological polar surface area (TPSA) is 58.6 Å². The van der Waals surface area contributed by atoms with E-state index >= 15 is 0 Å². The molecule has 0 radical (unpaired) electrons. The van der Waals surface area contributed by atoms with Gasteiger partial charge < -0.3 is 0 Å². The fourth-order valence-electron chi connectivity index (χ4n) is 1.28. The zero-order valence-electron chi connectivity index (χ0n) is 7.82. The molecule has 0 aromatic carbocycles. The van der Waals surface area contributed by atoms with E-state index in [1.165, 1.54) is 5.06 Å². The number of hydroxylamine groups is 2. The first-order valence-corrected chi connectivity index (χ1v) is 5.99. The van der Waals surface area contributed by atoms with Gasteiger partial charge in [-0.15, -0.1) is 0 Å². The van der Waals surface area contributed by atoms with Crippen molar-refractivity contribution in [2.75, 3.05) is 19.6 Å². The second-order valence-corrected chi connectivity index (χ2v) is 4.36. The van der Waals surface area contributed by atoms with Crippen LogP contribution in [0.4, 0.5) is 0 Å². The molecule has 0 amide bonds. The molecule has 13 heavy (non-hydrogen) atoms. The van der Waals surface area contributed by atoms with E-state index in [9.17, 15) is 8.42 Å². The van der Waals surface area contributed by atoms with E-state index in [0.717, 1.165) is 19.3 Å². The van der Waals surface area contributed by atoms with Crippen molar-refractivity contribution < 1.29 is 12.7 Å². The van der Waals surface area contributed by atoms with Crippen molar-refractivity contribution in [3.05, 3.63) is 0 Å². The Bertz CT molecular complexity index is 234. The summed E-state index contributed by atoms with van der Waals surface area (Å²) in [7, 11) is -3.56. The van der Waals surface area contributed by atoms with Crippen molar-refractivity contribution in [2.45, 2.75) is 26.2 Å².